The van der Waals surface area contributed by atoms with E-state index in [1.165, 1.54) is 6.07 Å². The summed E-state index contributed by atoms with van der Waals surface area (Å²) in [5.74, 6) is 1.17. The number of guanidine groups is 1. The minimum Gasteiger partial charge on any atom is -0.496 e. The van der Waals surface area contributed by atoms with Crippen molar-refractivity contribution < 1.29 is 27.7 Å². The number of nitrogens with zero attached hydrogens (tertiary/aromatic N) is 1. The Hall–Kier alpha value is -3.23. The molecule has 0 aliphatic carbocycles. The number of halogens is 2. The smallest absolute Gasteiger partial charge is 0.191 e. The number of aliphatic imine (C=N–C) groups is 1. The van der Waals surface area contributed by atoms with E-state index in [-0.39, 0.29) is 12.4 Å². The molecular weight excluding hydrogens is 396 g/mol. The highest BCUT2D eigenvalue weighted by Crippen LogP contribution is 2.34. The van der Waals surface area contributed by atoms with Crippen LogP contribution in [0, 0.1) is 11.6 Å². The van der Waals surface area contributed by atoms with Gasteiger partial charge in [0.05, 0.1) is 27.9 Å². The van der Waals surface area contributed by atoms with E-state index in [1.54, 1.807) is 40.5 Å². The molecule has 2 aromatic carbocycles. The maximum Gasteiger partial charge on any atom is 0.191 e. The molecule has 0 heterocycles. The second-order valence-electron chi connectivity index (χ2n) is 6.11. The largest absolute Gasteiger partial charge is 0.496 e. The molecule has 9 heteroatoms. The van der Waals surface area contributed by atoms with Gasteiger partial charge in [0.2, 0.25) is 0 Å². The Kier molecular flexibility index (Phi) is 8.99. The molecule has 0 saturated carbocycles. The summed E-state index contributed by atoms with van der Waals surface area (Å²) >= 11 is 0. The number of ether oxygens (including phenoxy) is 4. The van der Waals surface area contributed by atoms with Crippen molar-refractivity contribution in [1.29, 1.82) is 0 Å². The monoisotopic (exact) mass is 423 g/mol. The lowest BCUT2D eigenvalue weighted by atomic mass is 10.1. The molecule has 164 valence electrons. The number of rotatable bonds is 10. The fraction of sp³-hybridized carbons (Fsp3) is 0.381. The van der Waals surface area contributed by atoms with E-state index in [0.717, 1.165) is 17.7 Å². The number of hydrogen-bond acceptors (Lipinski definition) is 5. The summed E-state index contributed by atoms with van der Waals surface area (Å²) in [4.78, 5) is 4.14. The molecule has 0 aromatic heterocycles. The van der Waals surface area contributed by atoms with Crippen LogP contribution in [0.5, 0.6) is 23.0 Å². The topological polar surface area (TPSA) is 73.3 Å². The summed E-state index contributed by atoms with van der Waals surface area (Å²) in [6.45, 7) is 1.13. The lowest BCUT2D eigenvalue weighted by Crippen LogP contribution is -2.40. The van der Waals surface area contributed by atoms with Crippen molar-refractivity contribution >= 4 is 5.96 Å². The van der Waals surface area contributed by atoms with Gasteiger partial charge in [-0.15, -0.1) is 0 Å². The average Bonchev–Trinajstić information content (AvgIpc) is 2.76. The summed E-state index contributed by atoms with van der Waals surface area (Å²) in [5, 5.41) is 6.25. The SMILES string of the molecule is CN=C(NCCOc1ccc(F)cc1F)NCCc1c(OC)cc(OC)cc1OC. The molecule has 2 aromatic rings. The summed E-state index contributed by atoms with van der Waals surface area (Å²) in [6.07, 6.45) is 0.619. The zero-order valence-electron chi connectivity index (χ0n) is 17.6. The van der Waals surface area contributed by atoms with Crippen molar-refractivity contribution in [3.8, 4) is 23.0 Å². The van der Waals surface area contributed by atoms with Gasteiger partial charge in [-0.3, -0.25) is 4.99 Å². The minimum absolute atomic E-state index is 0.000146. The van der Waals surface area contributed by atoms with Gasteiger partial charge in [-0.25, -0.2) is 8.78 Å². The van der Waals surface area contributed by atoms with Crippen LogP contribution >= 0.6 is 0 Å². The molecule has 0 unspecified atom stereocenters. The third kappa shape index (κ3) is 6.40. The Bertz CT molecular complexity index is 837. The van der Waals surface area contributed by atoms with Crippen molar-refractivity contribution in [2.45, 2.75) is 6.42 Å². The lowest BCUT2D eigenvalue weighted by molar-refractivity contribution is 0.304. The van der Waals surface area contributed by atoms with E-state index < -0.39 is 11.6 Å². The molecule has 0 atom stereocenters. The van der Waals surface area contributed by atoms with E-state index in [0.29, 0.717) is 42.7 Å². The van der Waals surface area contributed by atoms with Gasteiger partial charge in [-0.1, -0.05) is 0 Å². The van der Waals surface area contributed by atoms with Crippen LogP contribution in [0.2, 0.25) is 0 Å². The van der Waals surface area contributed by atoms with Gasteiger partial charge in [0, 0.05) is 37.4 Å². The van der Waals surface area contributed by atoms with E-state index in [2.05, 4.69) is 15.6 Å². The van der Waals surface area contributed by atoms with Crippen LogP contribution < -0.4 is 29.6 Å². The molecular formula is C21H27F2N3O4. The molecule has 0 saturated heterocycles. The zero-order chi connectivity index (χ0) is 21.9. The number of benzene rings is 2. The average molecular weight is 423 g/mol. The normalized spacial score (nSPS) is 11.1. The van der Waals surface area contributed by atoms with Crippen LogP contribution in [-0.4, -0.2) is 54.0 Å². The minimum atomic E-state index is -0.736. The number of hydrogen-bond donors (Lipinski definition) is 2. The Morgan fingerprint density at radius 2 is 1.57 bits per heavy atom. The first-order valence-corrected chi connectivity index (χ1v) is 9.33. The van der Waals surface area contributed by atoms with Gasteiger partial charge in [0.25, 0.3) is 0 Å². The Morgan fingerprint density at radius 1 is 0.900 bits per heavy atom. The molecule has 0 aliphatic rings. The fourth-order valence-corrected chi connectivity index (χ4v) is 2.77. The summed E-state index contributed by atoms with van der Waals surface area (Å²) < 4.78 is 47.9. The molecule has 0 bridgehead atoms. The van der Waals surface area contributed by atoms with Gasteiger partial charge in [0.1, 0.15) is 29.7 Å². The van der Waals surface area contributed by atoms with Crippen molar-refractivity contribution in [3.63, 3.8) is 0 Å². The Balaban J connectivity index is 1.83. The molecule has 2 N–H and O–H groups in total. The predicted octanol–water partition coefficient (Wildman–Crippen LogP) is 2.78. The van der Waals surface area contributed by atoms with Crippen LogP contribution in [0.15, 0.2) is 35.3 Å². The van der Waals surface area contributed by atoms with Gasteiger partial charge < -0.3 is 29.6 Å². The Labute approximate surface area is 175 Å². The van der Waals surface area contributed by atoms with Gasteiger partial charge in [-0.2, -0.15) is 0 Å². The van der Waals surface area contributed by atoms with Crippen molar-refractivity contribution in [1.82, 2.24) is 10.6 Å². The highest BCUT2D eigenvalue weighted by Gasteiger charge is 2.13. The van der Waals surface area contributed by atoms with E-state index in [9.17, 15) is 8.78 Å². The summed E-state index contributed by atoms with van der Waals surface area (Å²) in [5.41, 5.74) is 0.902. The maximum absolute atomic E-state index is 13.6. The molecule has 2 rings (SSSR count). The zero-order valence-corrected chi connectivity index (χ0v) is 17.6. The molecule has 0 amide bonds. The Morgan fingerprint density at radius 3 is 2.13 bits per heavy atom. The first kappa shape index (κ1) is 23.1. The highest BCUT2D eigenvalue weighted by atomic mass is 19.1. The maximum atomic E-state index is 13.6. The standard InChI is InChI=1S/C21H27F2N3O4/c1-24-21(26-9-10-30-18-6-5-14(22)11-17(18)23)25-8-7-16-19(28-3)12-15(27-2)13-20(16)29-4/h5-6,11-13H,7-10H2,1-4H3,(H2,24,25,26). The third-order valence-corrected chi connectivity index (χ3v) is 4.25. The van der Waals surface area contributed by atoms with Crippen LogP contribution in [0.1, 0.15) is 5.56 Å². The summed E-state index contributed by atoms with van der Waals surface area (Å²) in [7, 11) is 6.41. The third-order valence-electron chi connectivity index (χ3n) is 4.25. The first-order valence-electron chi connectivity index (χ1n) is 9.33. The van der Waals surface area contributed by atoms with Gasteiger partial charge in [0.15, 0.2) is 17.5 Å². The van der Waals surface area contributed by atoms with Gasteiger partial charge >= 0.3 is 0 Å². The first-order chi connectivity index (χ1) is 14.5. The quantitative estimate of drug-likeness (QED) is 0.348. The molecule has 0 fully saturated rings. The number of methoxy groups -OCH3 is 3. The van der Waals surface area contributed by atoms with Crippen LogP contribution in [0.4, 0.5) is 8.78 Å². The molecule has 0 aliphatic heterocycles. The van der Waals surface area contributed by atoms with Crippen molar-refractivity contribution in [2.24, 2.45) is 4.99 Å². The van der Waals surface area contributed by atoms with Crippen LogP contribution in [0.3, 0.4) is 0 Å². The van der Waals surface area contributed by atoms with Crippen molar-refractivity contribution in [2.75, 3.05) is 48.1 Å². The highest BCUT2D eigenvalue weighted by molar-refractivity contribution is 5.79. The second kappa shape index (κ2) is 11.7. The predicted molar refractivity (Wildman–Crippen MR) is 111 cm³/mol. The molecule has 0 radical (unpaired) electrons. The fourth-order valence-electron chi connectivity index (χ4n) is 2.77. The second-order valence-corrected chi connectivity index (χ2v) is 6.11. The van der Waals surface area contributed by atoms with E-state index >= 15 is 0 Å². The lowest BCUT2D eigenvalue weighted by Gasteiger charge is -2.16. The molecule has 30 heavy (non-hydrogen) atoms. The van der Waals surface area contributed by atoms with E-state index in [1.807, 2.05) is 0 Å². The van der Waals surface area contributed by atoms with E-state index in [4.69, 9.17) is 18.9 Å². The number of nitrogens with one attached hydrogen (secondary N) is 2. The van der Waals surface area contributed by atoms with Gasteiger partial charge in [-0.05, 0) is 18.6 Å². The molecule has 7 nitrogen and oxygen atoms in total. The van der Waals surface area contributed by atoms with Crippen LogP contribution in [-0.2, 0) is 6.42 Å². The molecule has 0 spiro atoms. The van der Waals surface area contributed by atoms with Crippen molar-refractivity contribution in [3.05, 3.63) is 47.5 Å². The summed E-state index contributed by atoms with van der Waals surface area (Å²) in [6, 6.07) is 6.79. The van der Waals surface area contributed by atoms with Crippen LogP contribution in [0.25, 0.3) is 0 Å².